The fourth-order valence-corrected chi connectivity index (χ4v) is 7.20. The molecule has 1 aromatic heterocycles. The van der Waals surface area contributed by atoms with Gasteiger partial charge in [-0.15, -0.1) is 0 Å². The summed E-state index contributed by atoms with van der Waals surface area (Å²) in [5.74, 6) is -3.21. The summed E-state index contributed by atoms with van der Waals surface area (Å²) < 4.78 is 0. The molecule has 4 atom stereocenters. The van der Waals surface area contributed by atoms with E-state index >= 15 is 0 Å². The molecule has 0 spiro atoms. The van der Waals surface area contributed by atoms with Gasteiger partial charge in [0, 0.05) is 49.8 Å². The summed E-state index contributed by atoms with van der Waals surface area (Å²) in [5.41, 5.74) is 20.1. The van der Waals surface area contributed by atoms with E-state index in [1.165, 1.54) is 6.92 Å². The van der Waals surface area contributed by atoms with Crippen LogP contribution in [0.1, 0.15) is 36.5 Å². The van der Waals surface area contributed by atoms with E-state index in [9.17, 15) is 24.0 Å². The molecule has 0 saturated heterocycles. The van der Waals surface area contributed by atoms with Crippen LogP contribution < -0.4 is 38.5 Å². The van der Waals surface area contributed by atoms with Crippen LogP contribution in [0.5, 0.6) is 0 Å². The highest BCUT2D eigenvalue weighted by molar-refractivity contribution is 5.96. The van der Waals surface area contributed by atoms with Gasteiger partial charge in [0.2, 0.25) is 29.5 Å². The van der Waals surface area contributed by atoms with E-state index in [1.807, 2.05) is 109 Å². The van der Waals surface area contributed by atoms with Crippen LogP contribution in [-0.2, 0) is 43.2 Å². The van der Waals surface area contributed by atoms with E-state index < -0.39 is 53.7 Å². The van der Waals surface area contributed by atoms with Crippen molar-refractivity contribution in [2.75, 3.05) is 6.54 Å². The number of carbonyl (C=O) groups excluding carboxylic acids is 5. The first-order valence-corrected chi connectivity index (χ1v) is 19.5. The fourth-order valence-electron chi connectivity index (χ4n) is 7.20. The fraction of sp³-hybridized carbons (Fsp3) is 0.244. The Bertz CT molecular complexity index is 2510. The number of benzene rings is 5. The maximum Gasteiger partial charge on any atom is 0.243 e. The molecule has 0 fully saturated rings. The van der Waals surface area contributed by atoms with Crippen LogP contribution in [0.3, 0.4) is 0 Å². The number of nitrogens with zero attached hydrogens (tertiary/aromatic N) is 1. The molecule has 14 heteroatoms. The average Bonchev–Trinajstić information content (AvgIpc) is 3.63. The number of nitrogens with two attached hydrogens (primary N) is 3. The number of para-hydroxylation sites is 1. The van der Waals surface area contributed by atoms with E-state index in [1.54, 1.807) is 6.20 Å². The second kappa shape index (κ2) is 19.3. The monoisotopic (exact) mass is 795 g/mol. The number of aromatic amines is 1. The molecular formula is C45H49N9O5. The summed E-state index contributed by atoms with van der Waals surface area (Å²) in [7, 11) is 0. The van der Waals surface area contributed by atoms with Crippen molar-refractivity contribution in [3.63, 3.8) is 0 Å². The van der Waals surface area contributed by atoms with Gasteiger partial charge in [0.25, 0.3) is 0 Å². The number of primary amides is 1. The molecular weight excluding hydrogens is 747 g/mol. The van der Waals surface area contributed by atoms with Crippen LogP contribution in [0.2, 0.25) is 0 Å². The smallest absolute Gasteiger partial charge is 0.243 e. The summed E-state index contributed by atoms with van der Waals surface area (Å²) in [6, 6.07) is 30.1. The van der Waals surface area contributed by atoms with Crippen molar-refractivity contribution in [1.82, 2.24) is 26.3 Å². The molecule has 5 amide bonds. The molecule has 304 valence electrons. The van der Waals surface area contributed by atoms with Crippen molar-refractivity contribution in [1.29, 1.82) is 0 Å². The number of amides is 5. The molecule has 6 aromatic rings. The SMILES string of the molecule is CC(=O)N[C@H](Cc1ccc2ccccc2c1)C(=O)N[C@@H](CCCN=C(N)N)C(=O)N[C@@H](Cc1c[nH]c2ccccc12)C(=O)N[C@H](Cc1ccc2ccccc2c1)C(N)=O. The molecule has 0 radical (unpaired) electrons. The minimum absolute atomic E-state index is 0.0359. The summed E-state index contributed by atoms with van der Waals surface area (Å²) in [4.78, 5) is 74.9. The first-order valence-electron chi connectivity index (χ1n) is 19.5. The van der Waals surface area contributed by atoms with Crippen LogP contribution in [0.4, 0.5) is 0 Å². The quantitative estimate of drug-likeness (QED) is 0.0367. The maximum atomic E-state index is 14.3. The number of aromatic nitrogens is 1. The molecule has 5 aromatic carbocycles. The van der Waals surface area contributed by atoms with Gasteiger partial charge in [-0.3, -0.25) is 29.0 Å². The average molecular weight is 796 g/mol. The minimum Gasteiger partial charge on any atom is -0.370 e. The number of nitrogens with one attached hydrogen (secondary N) is 5. The van der Waals surface area contributed by atoms with Gasteiger partial charge in [0.05, 0.1) is 0 Å². The molecule has 0 aliphatic heterocycles. The molecule has 14 nitrogen and oxygen atoms in total. The second-order valence-electron chi connectivity index (χ2n) is 14.6. The van der Waals surface area contributed by atoms with E-state index in [-0.39, 0.29) is 38.2 Å². The zero-order valence-corrected chi connectivity index (χ0v) is 32.7. The largest absolute Gasteiger partial charge is 0.370 e. The number of guanidine groups is 1. The Kier molecular flexibility index (Phi) is 13.5. The van der Waals surface area contributed by atoms with Crippen LogP contribution in [0.15, 0.2) is 120 Å². The predicted molar refractivity (Wildman–Crippen MR) is 230 cm³/mol. The Morgan fingerprint density at radius 3 is 1.69 bits per heavy atom. The van der Waals surface area contributed by atoms with E-state index in [0.717, 1.165) is 49.1 Å². The molecule has 0 aliphatic carbocycles. The second-order valence-corrected chi connectivity index (χ2v) is 14.6. The van der Waals surface area contributed by atoms with E-state index in [4.69, 9.17) is 17.2 Å². The summed E-state index contributed by atoms with van der Waals surface area (Å²) in [6.07, 6.45) is 2.44. The number of aliphatic imine (C=N–C) groups is 1. The Morgan fingerprint density at radius 2 is 1.10 bits per heavy atom. The van der Waals surface area contributed by atoms with Crippen LogP contribution in [0.25, 0.3) is 32.4 Å². The Labute approximate surface area is 341 Å². The van der Waals surface area contributed by atoms with Gasteiger partial charge >= 0.3 is 0 Å². The number of carbonyl (C=O) groups is 5. The lowest BCUT2D eigenvalue weighted by molar-refractivity contribution is -0.134. The molecule has 6 rings (SSSR count). The molecule has 0 unspecified atom stereocenters. The maximum absolute atomic E-state index is 14.3. The lowest BCUT2D eigenvalue weighted by Gasteiger charge is -2.26. The van der Waals surface area contributed by atoms with E-state index in [0.29, 0.717) is 6.42 Å². The highest BCUT2D eigenvalue weighted by Gasteiger charge is 2.32. The Morgan fingerprint density at radius 1 is 0.593 bits per heavy atom. The zero-order chi connectivity index (χ0) is 41.9. The standard InChI is InChI=1S/C45H49N9O5/c1-27(55)51-39(24-29-17-19-31-10-3-5-12-33(31)22-29)43(58)52-37(15-8-20-49-45(47)48)42(57)54-40(25-34-26-50-36-14-7-6-13-35(34)36)44(59)53-38(41(46)56)23-28-16-18-30-9-2-4-11-32(30)21-28/h2-7,9-14,16-19,21-22,26,37-40,50H,8,15,20,23-25H2,1H3,(H2,46,56)(H,51,55)(H,52,58)(H,53,59)(H,54,57)(H4,47,48,49)/t37-,38+,39+,40-/m0/s1. The zero-order valence-electron chi connectivity index (χ0n) is 32.7. The number of hydrogen-bond acceptors (Lipinski definition) is 6. The third-order valence-corrected chi connectivity index (χ3v) is 10.2. The minimum atomic E-state index is -1.21. The number of fused-ring (bicyclic) bond motifs is 3. The lowest BCUT2D eigenvalue weighted by atomic mass is 9.99. The summed E-state index contributed by atoms with van der Waals surface area (Å²) in [5, 5.41) is 16.0. The molecule has 11 N–H and O–H groups in total. The number of H-pyrrole nitrogens is 1. The predicted octanol–water partition coefficient (Wildman–Crippen LogP) is 3.00. The van der Waals surface area contributed by atoms with Crippen molar-refractivity contribution in [2.24, 2.45) is 22.2 Å². The van der Waals surface area contributed by atoms with Crippen LogP contribution in [-0.4, -0.2) is 71.2 Å². The first kappa shape index (κ1) is 41.4. The van der Waals surface area contributed by atoms with Gasteiger partial charge in [-0.2, -0.15) is 0 Å². The van der Waals surface area contributed by atoms with E-state index in [2.05, 4.69) is 31.2 Å². The van der Waals surface area contributed by atoms with Crippen molar-refractivity contribution < 1.29 is 24.0 Å². The van der Waals surface area contributed by atoms with Crippen molar-refractivity contribution in [3.8, 4) is 0 Å². The number of rotatable bonds is 18. The molecule has 0 aliphatic rings. The third-order valence-electron chi connectivity index (χ3n) is 10.2. The topological polar surface area (TPSA) is 240 Å². The van der Waals surface area contributed by atoms with Crippen molar-refractivity contribution in [3.05, 3.63) is 132 Å². The first-order chi connectivity index (χ1) is 28.4. The third kappa shape index (κ3) is 11.2. The Balaban J connectivity index is 1.25. The summed E-state index contributed by atoms with van der Waals surface area (Å²) >= 11 is 0. The molecule has 0 saturated carbocycles. The number of hydrogen-bond donors (Lipinski definition) is 8. The van der Waals surface area contributed by atoms with Gasteiger partial charge in [0.15, 0.2) is 5.96 Å². The van der Waals surface area contributed by atoms with Crippen molar-refractivity contribution >= 4 is 67.9 Å². The van der Waals surface area contributed by atoms with Crippen LogP contribution >= 0.6 is 0 Å². The lowest BCUT2D eigenvalue weighted by Crippen LogP contribution is -2.59. The van der Waals surface area contributed by atoms with Crippen LogP contribution in [0, 0.1) is 0 Å². The van der Waals surface area contributed by atoms with Gasteiger partial charge in [-0.25, -0.2) is 0 Å². The summed E-state index contributed by atoms with van der Waals surface area (Å²) in [6.45, 7) is 1.48. The highest BCUT2D eigenvalue weighted by atomic mass is 16.2. The van der Waals surface area contributed by atoms with Crippen molar-refractivity contribution in [2.45, 2.75) is 63.2 Å². The molecule has 1 heterocycles. The van der Waals surface area contributed by atoms with Gasteiger partial charge in [-0.1, -0.05) is 103 Å². The van der Waals surface area contributed by atoms with Gasteiger partial charge < -0.3 is 43.5 Å². The van der Waals surface area contributed by atoms with Gasteiger partial charge in [0.1, 0.15) is 24.2 Å². The Hall–Kier alpha value is -7.22. The highest BCUT2D eigenvalue weighted by Crippen LogP contribution is 2.21. The van der Waals surface area contributed by atoms with Gasteiger partial charge in [-0.05, 0) is 57.1 Å². The normalized spacial score (nSPS) is 13.2. The molecule has 0 bridgehead atoms. The molecule has 59 heavy (non-hydrogen) atoms.